The summed E-state index contributed by atoms with van der Waals surface area (Å²) in [6, 6.07) is 13.7. The van der Waals surface area contributed by atoms with Gasteiger partial charge < -0.3 is 10.6 Å². The Kier molecular flexibility index (Phi) is 4.81. The van der Waals surface area contributed by atoms with E-state index in [2.05, 4.69) is 4.90 Å². The van der Waals surface area contributed by atoms with Gasteiger partial charge in [-0.1, -0.05) is 12.1 Å². The van der Waals surface area contributed by atoms with Crippen LogP contribution in [0.3, 0.4) is 0 Å². The van der Waals surface area contributed by atoms with E-state index in [-0.39, 0.29) is 17.6 Å². The third-order valence-electron chi connectivity index (χ3n) is 4.63. The number of nitrogens with zero attached hydrogens (tertiary/aromatic N) is 2. The number of nitrogen functional groups attached to an aromatic ring is 1. The SMILES string of the molecule is CC(C(=O)c1ccc(N)cc1)N1CCN(c2ccccc2F)CC1. The van der Waals surface area contributed by atoms with Crippen LogP contribution in [0.2, 0.25) is 0 Å². The maximum Gasteiger partial charge on any atom is 0.179 e. The molecule has 1 fully saturated rings. The number of halogens is 1. The number of carbonyl (C=O) groups excluding carboxylic acids is 1. The number of para-hydroxylation sites is 1. The number of benzene rings is 2. The van der Waals surface area contributed by atoms with Crippen molar-refractivity contribution in [3.8, 4) is 0 Å². The topological polar surface area (TPSA) is 49.6 Å². The van der Waals surface area contributed by atoms with Gasteiger partial charge in [-0.15, -0.1) is 0 Å². The summed E-state index contributed by atoms with van der Waals surface area (Å²) in [7, 11) is 0. The molecule has 1 unspecified atom stereocenters. The average Bonchev–Trinajstić information content (AvgIpc) is 2.62. The first-order chi connectivity index (χ1) is 11.6. The highest BCUT2D eigenvalue weighted by Crippen LogP contribution is 2.21. The number of hydrogen-bond acceptors (Lipinski definition) is 4. The van der Waals surface area contributed by atoms with Gasteiger partial charge in [0.2, 0.25) is 0 Å². The molecule has 126 valence electrons. The van der Waals surface area contributed by atoms with Gasteiger partial charge in [0.25, 0.3) is 0 Å². The number of carbonyl (C=O) groups is 1. The Balaban J connectivity index is 1.63. The molecule has 0 spiro atoms. The Labute approximate surface area is 141 Å². The summed E-state index contributed by atoms with van der Waals surface area (Å²) >= 11 is 0. The predicted molar refractivity (Wildman–Crippen MR) is 94.8 cm³/mol. The molecule has 4 nitrogen and oxygen atoms in total. The lowest BCUT2D eigenvalue weighted by molar-refractivity contribution is 0.0829. The first-order valence-corrected chi connectivity index (χ1v) is 8.19. The van der Waals surface area contributed by atoms with Crippen molar-refractivity contribution in [1.29, 1.82) is 0 Å². The molecule has 1 aliphatic heterocycles. The molecule has 2 aromatic rings. The molecule has 2 N–H and O–H groups in total. The van der Waals surface area contributed by atoms with Gasteiger partial charge >= 0.3 is 0 Å². The monoisotopic (exact) mass is 327 g/mol. The lowest BCUT2D eigenvalue weighted by Gasteiger charge is -2.38. The summed E-state index contributed by atoms with van der Waals surface area (Å²) in [4.78, 5) is 16.8. The van der Waals surface area contributed by atoms with Crippen LogP contribution in [0.4, 0.5) is 15.8 Å². The van der Waals surface area contributed by atoms with Gasteiger partial charge in [-0.05, 0) is 43.3 Å². The molecule has 1 aliphatic rings. The molecule has 24 heavy (non-hydrogen) atoms. The second-order valence-corrected chi connectivity index (χ2v) is 6.14. The van der Waals surface area contributed by atoms with Gasteiger partial charge in [0.05, 0.1) is 11.7 Å². The second-order valence-electron chi connectivity index (χ2n) is 6.14. The van der Waals surface area contributed by atoms with Gasteiger partial charge in [-0.3, -0.25) is 9.69 Å². The van der Waals surface area contributed by atoms with Crippen molar-refractivity contribution in [2.75, 3.05) is 36.8 Å². The quantitative estimate of drug-likeness (QED) is 0.693. The molecular formula is C19H22FN3O. The molecule has 0 aromatic heterocycles. The first kappa shape index (κ1) is 16.5. The van der Waals surface area contributed by atoms with Crippen molar-refractivity contribution >= 4 is 17.2 Å². The maximum absolute atomic E-state index is 13.9. The van der Waals surface area contributed by atoms with E-state index in [1.165, 1.54) is 6.07 Å². The molecule has 0 saturated carbocycles. The summed E-state index contributed by atoms with van der Waals surface area (Å²) < 4.78 is 13.9. The Morgan fingerprint density at radius 3 is 2.29 bits per heavy atom. The minimum atomic E-state index is -0.198. The minimum absolute atomic E-state index is 0.0920. The molecule has 2 aromatic carbocycles. The van der Waals surface area contributed by atoms with E-state index in [0.29, 0.717) is 30.0 Å². The number of piperazine rings is 1. The second kappa shape index (κ2) is 7.01. The average molecular weight is 327 g/mol. The van der Waals surface area contributed by atoms with Crippen LogP contribution in [0.5, 0.6) is 0 Å². The summed E-state index contributed by atoms with van der Waals surface area (Å²) in [6.07, 6.45) is 0. The van der Waals surface area contributed by atoms with E-state index in [4.69, 9.17) is 5.73 Å². The summed E-state index contributed by atoms with van der Waals surface area (Å²) in [5.41, 5.74) is 7.63. The fourth-order valence-electron chi connectivity index (χ4n) is 3.11. The zero-order chi connectivity index (χ0) is 17.1. The van der Waals surface area contributed by atoms with Crippen LogP contribution in [0.25, 0.3) is 0 Å². The fourth-order valence-corrected chi connectivity index (χ4v) is 3.11. The number of hydrogen-bond donors (Lipinski definition) is 1. The van der Waals surface area contributed by atoms with E-state index in [0.717, 1.165) is 13.1 Å². The molecular weight excluding hydrogens is 305 g/mol. The molecule has 0 radical (unpaired) electrons. The van der Waals surface area contributed by atoms with Gasteiger partial charge in [0.1, 0.15) is 5.82 Å². The number of nitrogens with two attached hydrogens (primary N) is 1. The minimum Gasteiger partial charge on any atom is -0.399 e. The van der Waals surface area contributed by atoms with E-state index < -0.39 is 0 Å². The standard InChI is InChI=1S/C19H22FN3O/c1-14(19(24)15-6-8-16(21)9-7-15)22-10-12-23(13-11-22)18-5-3-2-4-17(18)20/h2-9,14H,10-13,21H2,1H3. The summed E-state index contributed by atoms with van der Waals surface area (Å²) in [5, 5.41) is 0. The van der Waals surface area contributed by atoms with E-state index >= 15 is 0 Å². The number of ketones is 1. The van der Waals surface area contributed by atoms with Crippen LogP contribution in [-0.2, 0) is 0 Å². The fraction of sp³-hybridized carbons (Fsp3) is 0.316. The molecule has 3 rings (SSSR count). The smallest absolute Gasteiger partial charge is 0.179 e. The van der Waals surface area contributed by atoms with Gasteiger partial charge in [-0.2, -0.15) is 0 Å². The Morgan fingerprint density at radius 1 is 1.04 bits per heavy atom. The Hall–Kier alpha value is -2.40. The van der Waals surface area contributed by atoms with Crippen molar-refractivity contribution in [1.82, 2.24) is 4.90 Å². The van der Waals surface area contributed by atoms with Crippen molar-refractivity contribution in [2.24, 2.45) is 0 Å². The lowest BCUT2D eigenvalue weighted by Crippen LogP contribution is -2.52. The third-order valence-corrected chi connectivity index (χ3v) is 4.63. The van der Waals surface area contributed by atoms with Crippen LogP contribution in [-0.4, -0.2) is 42.9 Å². The highest BCUT2D eigenvalue weighted by Gasteiger charge is 2.27. The maximum atomic E-state index is 13.9. The normalized spacial score (nSPS) is 16.8. The van der Waals surface area contributed by atoms with E-state index in [1.54, 1.807) is 36.4 Å². The van der Waals surface area contributed by atoms with Crippen LogP contribution >= 0.6 is 0 Å². The van der Waals surface area contributed by atoms with Crippen LogP contribution in [0.1, 0.15) is 17.3 Å². The highest BCUT2D eigenvalue weighted by molar-refractivity contribution is 6.00. The van der Waals surface area contributed by atoms with Crippen LogP contribution < -0.4 is 10.6 Å². The van der Waals surface area contributed by atoms with E-state index in [9.17, 15) is 9.18 Å². The molecule has 0 amide bonds. The lowest BCUT2D eigenvalue weighted by atomic mass is 10.0. The highest BCUT2D eigenvalue weighted by atomic mass is 19.1. The predicted octanol–water partition coefficient (Wildman–Crippen LogP) is 2.80. The van der Waals surface area contributed by atoms with Crippen LogP contribution in [0, 0.1) is 5.82 Å². The van der Waals surface area contributed by atoms with Crippen LogP contribution in [0.15, 0.2) is 48.5 Å². The van der Waals surface area contributed by atoms with Gasteiger partial charge in [0.15, 0.2) is 5.78 Å². The van der Waals surface area contributed by atoms with Gasteiger partial charge in [-0.25, -0.2) is 4.39 Å². The molecule has 5 heteroatoms. The van der Waals surface area contributed by atoms with E-state index in [1.807, 2.05) is 17.9 Å². The molecule has 1 atom stereocenters. The number of anilines is 2. The zero-order valence-corrected chi connectivity index (χ0v) is 13.8. The van der Waals surface area contributed by atoms with Crippen molar-refractivity contribution in [3.05, 3.63) is 59.9 Å². The summed E-state index contributed by atoms with van der Waals surface area (Å²) in [6.45, 7) is 4.81. The van der Waals surface area contributed by atoms with Crippen molar-refractivity contribution in [3.63, 3.8) is 0 Å². The van der Waals surface area contributed by atoms with Crippen molar-refractivity contribution < 1.29 is 9.18 Å². The summed E-state index contributed by atoms with van der Waals surface area (Å²) in [5.74, 6) is -0.105. The Morgan fingerprint density at radius 2 is 1.67 bits per heavy atom. The molecule has 0 aliphatic carbocycles. The van der Waals surface area contributed by atoms with Gasteiger partial charge in [0, 0.05) is 37.4 Å². The largest absolute Gasteiger partial charge is 0.399 e. The number of rotatable bonds is 4. The first-order valence-electron chi connectivity index (χ1n) is 8.19. The molecule has 0 bridgehead atoms. The molecule has 1 heterocycles. The Bertz CT molecular complexity index is 709. The van der Waals surface area contributed by atoms with Crippen molar-refractivity contribution in [2.45, 2.75) is 13.0 Å². The number of Topliss-reactive ketones (excluding diaryl/α,β-unsaturated/α-hetero) is 1. The zero-order valence-electron chi connectivity index (χ0n) is 13.8. The third kappa shape index (κ3) is 3.41. The molecule has 1 saturated heterocycles.